The Morgan fingerprint density at radius 2 is 2.22 bits per heavy atom. The summed E-state index contributed by atoms with van der Waals surface area (Å²) in [5.41, 5.74) is -0.418. The van der Waals surface area contributed by atoms with E-state index in [9.17, 15) is 14.9 Å². The quantitative estimate of drug-likeness (QED) is 0.657. The highest BCUT2D eigenvalue weighted by atomic mass is 35.5. The highest BCUT2D eigenvalue weighted by Crippen LogP contribution is 2.23. The van der Waals surface area contributed by atoms with Crippen molar-refractivity contribution >= 4 is 29.0 Å². The van der Waals surface area contributed by atoms with Crippen molar-refractivity contribution in [3.05, 3.63) is 51.2 Å². The number of nitrogens with zero attached hydrogens (tertiary/aromatic N) is 2. The molecule has 0 spiro atoms. The van der Waals surface area contributed by atoms with Crippen LogP contribution in [0, 0.1) is 10.1 Å². The van der Waals surface area contributed by atoms with Crippen molar-refractivity contribution in [2.75, 3.05) is 5.32 Å². The summed E-state index contributed by atoms with van der Waals surface area (Å²) >= 11 is 5.72. The molecule has 0 unspecified atom stereocenters. The van der Waals surface area contributed by atoms with Crippen LogP contribution in [-0.4, -0.2) is 21.0 Å². The van der Waals surface area contributed by atoms with Gasteiger partial charge in [0.05, 0.1) is 11.1 Å². The molecule has 1 amide bonds. The van der Waals surface area contributed by atoms with Gasteiger partial charge in [-0.15, -0.1) is 0 Å². The average molecular weight is 267 g/mol. The largest absolute Gasteiger partial charge is 0.307 e. The van der Waals surface area contributed by atoms with Gasteiger partial charge in [0, 0.05) is 17.2 Å². The van der Waals surface area contributed by atoms with E-state index in [0.29, 0.717) is 5.82 Å². The zero-order chi connectivity index (χ0) is 13.1. The first kappa shape index (κ1) is 12.1. The van der Waals surface area contributed by atoms with Crippen molar-refractivity contribution in [2.24, 2.45) is 0 Å². The lowest BCUT2D eigenvalue weighted by Crippen LogP contribution is -2.14. The van der Waals surface area contributed by atoms with E-state index in [2.05, 4.69) is 15.5 Å². The van der Waals surface area contributed by atoms with E-state index in [-0.39, 0.29) is 16.3 Å². The van der Waals surface area contributed by atoms with Crippen molar-refractivity contribution in [3.8, 4) is 0 Å². The number of nitrogens with one attached hydrogen (secondary N) is 2. The monoisotopic (exact) mass is 266 g/mol. The van der Waals surface area contributed by atoms with Gasteiger partial charge in [-0.2, -0.15) is 5.10 Å². The first-order valence-electron chi connectivity index (χ1n) is 4.82. The molecule has 0 aliphatic heterocycles. The summed E-state index contributed by atoms with van der Waals surface area (Å²) in [6.45, 7) is 0. The first-order valence-corrected chi connectivity index (χ1v) is 5.20. The van der Waals surface area contributed by atoms with Gasteiger partial charge in [-0.05, 0) is 12.1 Å². The van der Waals surface area contributed by atoms with Crippen LogP contribution in [0.1, 0.15) is 10.4 Å². The van der Waals surface area contributed by atoms with Gasteiger partial charge in [-0.25, -0.2) is 0 Å². The van der Waals surface area contributed by atoms with Gasteiger partial charge in [-0.1, -0.05) is 11.6 Å². The molecular weight excluding hydrogens is 260 g/mol. The fourth-order valence-electron chi connectivity index (χ4n) is 1.36. The summed E-state index contributed by atoms with van der Waals surface area (Å²) in [7, 11) is 0. The topological polar surface area (TPSA) is 101 Å². The Bertz CT molecular complexity index is 597. The number of aromatic nitrogens is 2. The predicted molar refractivity (Wildman–Crippen MR) is 64.6 cm³/mol. The minimum Gasteiger partial charge on any atom is -0.307 e. The number of carbonyl (C=O) groups excluding carboxylic acids is 1. The lowest BCUT2D eigenvalue weighted by atomic mass is 10.1. The van der Waals surface area contributed by atoms with Gasteiger partial charge in [0.2, 0.25) is 0 Å². The minimum absolute atomic E-state index is 0.109. The fourth-order valence-corrected chi connectivity index (χ4v) is 1.54. The van der Waals surface area contributed by atoms with E-state index in [1.165, 1.54) is 30.5 Å². The Hall–Kier alpha value is -2.41. The van der Waals surface area contributed by atoms with E-state index in [1.807, 2.05) is 0 Å². The Labute approximate surface area is 106 Å². The van der Waals surface area contributed by atoms with E-state index in [4.69, 9.17) is 11.6 Å². The molecule has 0 saturated carbocycles. The molecule has 18 heavy (non-hydrogen) atoms. The number of rotatable bonds is 3. The van der Waals surface area contributed by atoms with Crippen LogP contribution < -0.4 is 5.32 Å². The Kier molecular flexibility index (Phi) is 3.24. The molecule has 1 aromatic heterocycles. The van der Waals surface area contributed by atoms with Crippen LogP contribution in [0.4, 0.5) is 11.5 Å². The molecule has 0 atom stereocenters. The zero-order valence-electron chi connectivity index (χ0n) is 8.88. The third kappa shape index (κ3) is 2.46. The number of H-pyrrole nitrogens is 1. The summed E-state index contributed by atoms with van der Waals surface area (Å²) in [6, 6.07) is 5.30. The maximum atomic E-state index is 11.9. The molecular formula is C10H7ClN4O3. The lowest BCUT2D eigenvalue weighted by molar-refractivity contribution is -0.385. The number of halogens is 1. The molecule has 0 radical (unpaired) electrons. The number of nitro groups is 1. The second kappa shape index (κ2) is 4.84. The first-order chi connectivity index (χ1) is 8.58. The van der Waals surface area contributed by atoms with Gasteiger partial charge in [0.25, 0.3) is 11.6 Å². The van der Waals surface area contributed by atoms with Crippen LogP contribution in [0.15, 0.2) is 30.5 Å². The highest BCUT2D eigenvalue weighted by molar-refractivity contribution is 6.31. The third-order valence-electron chi connectivity index (χ3n) is 2.15. The molecule has 0 aliphatic carbocycles. The summed E-state index contributed by atoms with van der Waals surface area (Å²) < 4.78 is 0. The van der Waals surface area contributed by atoms with Crippen molar-refractivity contribution in [1.29, 1.82) is 0 Å². The van der Waals surface area contributed by atoms with Crippen LogP contribution >= 0.6 is 11.6 Å². The van der Waals surface area contributed by atoms with Gasteiger partial charge in [0.15, 0.2) is 0 Å². The van der Waals surface area contributed by atoms with Crippen LogP contribution in [0.25, 0.3) is 0 Å². The standard InChI is InChI=1S/C10H7ClN4O3/c11-6-1-2-8(15(17)18)7(5-6)10(16)13-9-3-4-12-14-9/h1-5H,(H2,12,13,14,16). The molecule has 1 heterocycles. The molecule has 0 saturated heterocycles. The average Bonchev–Trinajstić information content (AvgIpc) is 2.81. The van der Waals surface area contributed by atoms with Crippen LogP contribution in [0.5, 0.6) is 0 Å². The Balaban J connectivity index is 2.34. The number of amides is 1. The van der Waals surface area contributed by atoms with Gasteiger partial charge < -0.3 is 5.32 Å². The lowest BCUT2D eigenvalue weighted by Gasteiger charge is -2.03. The number of aromatic amines is 1. The normalized spacial score (nSPS) is 10.1. The SMILES string of the molecule is O=C(Nc1ccn[nH]1)c1cc(Cl)ccc1[N+](=O)[O-]. The number of nitro benzene ring substituents is 1. The molecule has 2 aromatic rings. The second-order valence-electron chi connectivity index (χ2n) is 3.34. The molecule has 8 heteroatoms. The number of anilines is 1. The van der Waals surface area contributed by atoms with E-state index >= 15 is 0 Å². The Morgan fingerprint density at radius 3 is 2.83 bits per heavy atom. The van der Waals surface area contributed by atoms with Crippen molar-refractivity contribution < 1.29 is 9.72 Å². The maximum Gasteiger partial charge on any atom is 0.282 e. The molecule has 7 nitrogen and oxygen atoms in total. The third-order valence-corrected chi connectivity index (χ3v) is 2.38. The van der Waals surface area contributed by atoms with Crippen molar-refractivity contribution in [1.82, 2.24) is 10.2 Å². The van der Waals surface area contributed by atoms with E-state index in [1.54, 1.807) is 0 Å². The second-order valence-corrected chi connectivity index (χ2v) is 3.78. The number of hydrogen-bond acceptors (Lipinski definition) is 4. The summed E-state index contributed by atoms with van der Waals surface area (Å²) in [5.74, 6) is -0.289. The van der Waals surface area contributed by atoms with Crippen molar-refractivity contribution in [3.63, 3.8) is 0 Å². The predicted octanol–water partition coefficient (Wildman–Crippen LogP) is 2.22. The van der Waals surface area contributed by atoms with Gasteiger partial charge >= 0.3 is 0 Å². The summed E-state index contributed by atoms with van der Waals surface area (Å²) in [6.07, 6.45) is 1.45. The van der Waals surface area contributed by atoms with Gasteiger partial charge in [0.1, 0.15) is 11.4 Å². The summed E-state index contributed by atoms with van der Waals surface area (Å²) in [4.78, 5) is 22.0. The molecule has 0 bridgehead atoms. The molecule has 0 fully saturated rings. The smallest absolute Gasteiger partial charge is 0.282 e. The molecule has 1 aromatic carbocycles. The van der Waals surface area contributed by atoms with Crippen LogP contribution in [0.2, 0.25) is 5.02 Å². The number of benzene rings is 1. The van der Waals surface area contributed by atoms with E-state index in [0.717, 1.165) is 0 Å². The van der Waals surface area contributed by atoms with Gasteiger partial charge in [-0.3, -0.25) is 20.0 Å². The number of carbonyl (C=O) groups is 1. The minimum atomic E-state index is -0.641. The fraction of sp³-hybridized carbons (Fsp3) is 0. The Morgan fingerprint density at radius 1 is 1.44 bits per heavy atom. The molecule has 2 N–H and O–H groups in total. The maximum absolute atomic E-state index is 11.9. The summed E-state index contributed by atoms with van der Waals surface area (Å²) in [5, 5.41) is 19.6. The zero-order valence-corrected chi connectivity index (χ0v) is 9.64. The number of hydrogen-bond donors (Lipinski definition) is 2. The highest BCUT2D eigenvalue weighted by Gasteiger charge is 2.20. The van der Waals surface area contributed by atoms with Crippen LogP contribution in [-0.2, 0) is 0 Å². The molecule has 0 aliphatic rings. The molecule has 92 valence electrons. The van der Waals surface area contributed by atoms with E-state index < -0.39 is 10.8 Å². The van der Waals surface area contributed by atoms with Crippen molar-refractivity contribution in [2.45, 2.75) is 0 Å². The van der Waals surface area contributed by atoms with Crippen LogP contribution in [0.3, 0.4) is 0 Å². The molecule has 2 rings (SSSR count).